The average Bonchev–Trinajstić information content (AvgIpc) is 2.81. The summed E-state index contributed by atoms with van der Waals surface area (Å²) in [7, 11) is 0. The Morgan fingerprint density at radius 2 is 1.80 bits per heavy atom. The van der Waals surface area contributed by atoms with E-state index in [1.807, 2.05) is 32.9 Å². The zero-order chi connectivity index (χ0) is 24.9. The Labute approximate surface area is 203 Å². The molecule has 1 aromatic heterocycles. The highest BCUT2D eigenvalue weighted by Crippen LogP contribution is 2.40. The molecule has 0 atom stereocenters. The number of nitrogens with zero attached hydrogens (tertiary/aromatic N) is 3. The quantitative estimate of drug-likeness (QED) is 0.585. The van der Waals surface area contributed by atoms with Crippen LogP contribution in [0.4, 0.5) is 14.9 Å². The lowest BCUT2D eigenvalue weighted by Crippen LogP contribution is -2.50. The number of anilines is 1. The van der Waals surface area contributed by atoms with Crippen molar-refractivity contribution < 1.29 is 19.0 Å². The van der Waals surface area contributed by atoms with Gasteiger partial charge in [0.25, 0.3) is 5.56 Å². The predicted molar refractivity (Wildman–Crippen MR) is 134 cm³/mol. The van der Waals surface area contributed by atoms with Crippen molar-refractivity contribution in [3.8, 4) is 16.9 Å². The van der Waals surface area contributed by atoms with Gasteiger partial charge in [-0.15, -0.1) is 0 Å². The summed E-state index contributed by atoms with van der Waals surface area (Å²) in [4.78, 5) is 29.4. The molecule has 2 aromatic carbocycles. The molecule has 7 nitrogen and oxygen atoms in total. The first kappa shape index (κ1) is 23.2. The summed E-state index contributed by atoms with van der Waals surface area (Å²) >= 11 is 0. The third-order valence-electron chi connectivity index (χ3n) is 6.70. The van der Waals surface area contributed by atoms with E-state index in [2.05, 4.69) is 4.90 Å². The van der Waals surface area contributed by atoms with Crippen LogP contribution in [0.5, 0.6) is 5.75 Å². The average molecular weight is 480 g/mol. The third-order valence-corrected chi connectivity index (χ3v) is 6.70. The molecular formula is C27H30FN3O4. The molecule has 2 aliphatic rings. The maximum absolute atomic E-state index is 14.7. The molecule has 8 heteroatoms. The summed E-state index contributed by atoms with van der Waals surface area (Å²) in [6.45, 7) is 8.27. The van der Waals surface area contributed by atoms with Crippen LogP contribution in [0.15, 0.2) is 41.2 Å². The fraction of sp³-hybridized carbons (Fsp3) is 0.407. The van der Waals surface area contributed by atoms with Gasteiger partial charge < -0.3 is 24.2 Å². The van der Waals surface area contributed by atoms with Crippen molar-refractivity contribution in [2.45, 2.75) is 45.8 Å². The van der Waals surface area contributed by atoms with Gasteiger partial charge in [-0.1, -0.05) is 18.2 Å². The van der Waals surface area contributed by atoms with Crippen molar-refractivity contribution in [1.29, 1.82) is 0 Å². The number of aryl methyl sites for hydroxylation is 2. The number of aromatic hydroxyl groups is 1. The number of hydrogen-bond acceptors (Lipinski definition) is 5. The Balaban J connectivity index is 1.54. The highest BCUT2D eigenvalue weighted by molar-refractivity contribution is 5.98. The number of piperazine rings is 1. The Morgan fingerprint density at radius 1 is 1.06 bits per heavy atom. The Bertz CT molecular complexity index is 1350. The molecule has 35 heavy (non-hydrogen) atoms. The van der Waals surface area contributed by atoms with E-state index in [4.69, 9.17) is 4.74 Å². The number of amides is 1. The number of benzene rings is 2. The standard InChI is InChI=1S/C27H30FN3O4/c1-27(2,3)35-26(34)30-14-12-29(13-15-30)21-16-23(33)31-11-5-6-18-17(9-10-19(21)25(18)31)24-20(28)7-4-8-22(24)32/h4,7-10,16,32H,5-6,11-15H2,1-3H3. The van der Waals surface area contributed by atoms with Crippen LogP contribution >= 0.6 is 0 Å². The fourth-order valence-electron chi connectivity index (χ4n) is 5.15. The van der Waals surface area contributed by atoms with E-state index in [9.17, 15) is 19.1 Å². The Kier molecular flexibility index (Phi) is 5.69. The van der Waals surface area contributed by atoms with Crippen molar-refractivity contribution in [3.05, 3.63) is 58.1 Å². The number of aromatic nitrogens is 1. The van der Waals surface area contributed by atoms with E-state index < -0.39 is 11.4 Å². The van der Waals surface area contributed by atoms with Crippen molar-refractivity contribution in [3.63, 3.8) is 0 Å². The Morgan fingerprint density at radius 3 is 2.49 bits per heavy atom. The molecule has 2 aliphatic heterocycles. The first-order valence-electron chi connectivity index (χ1n) is 12.0. The van der Waals surface area contributed by atoms with Crippen LogP contribution in [-0.2, 0) is 17.7 Å². The third kappa shape index (κ3) is 4.22. The van der Waals surface area contributed by atoms with Gasteiger partial charge in [0.1, 0.15) is 17.2 Å². The molecular weight excluding hydrogens is 449 g/mol. The molecule has 1 N–H and O–H groups in total. The second-order valence-corrected chi connectivity index (χ2v) is 10.2. The minimum Gasteiger partial charge on any atom is -0.507 e. The monoisotopic (exact) mass is 479 g/mol. The summed E-state index contributed by atoms with van der Waals surface area (Å²) in [6.07, 6.45) is 1.13. The molecule has 3 aromatic rings. The SMILES string of the molecule is CC(C)(C)OC(=O)N1CCN(c2cc(=O)n3c4c(c(-c5c(O)cccc5F)ccc24)CCC3)CC1. The van der Waals surface area contributed by atoms with Crippen molar-refractivity contribution in [1.82, 2.24) is 9.47 Å². The summed E-state index contributed by atoms with van der Waals surface area (Å²) in [5.74, 6) is -0.607. The zero-order valence-electron chi connectivity index (χ0n) is 20.3. The van der Waals surface area contributed by atoms with Gasteiger partial charge in [0, 0.05) is 44.2 Å². The van der Waals surface area contributed by atoms with E-state index in [0.29, 0.717) is 44.7 Å². The maximum Gasteiger partial charge on any atom is 0.410 e. The highest BCUT2D eigenvalue weighted by Gasteiger charge is 2.28. The molecule has 1 amide bonds. The van der Waals surface area contributed by atoms with Crippen LogP contribution < -0.4 is 10.5 Å². The van der Waals surface area contributed by atoms with Gasteiger partial charge in [-0.05, 0) is 56.9 Å². The van der Waals surface area contributed by atoms with Gasteiger partial charge in [0.05, 0.1) is 16.8 Å². The molecule has 3 heterocycles. The molecule has 0 spiro atoms. The van der Waals surface area contributed by atoms with Crippen molar-refractivity contribution in [2.24, 2.45) is 0 Å². The van der Waals surface area contributed by atoms with Crippen LogP contribution in [0.1, 0.15) is 32.8 Å². The molecule has 184 valence electrons. The minimum absolute atomic E-state index is 0.0991. The predicted octanol–water partition coefficient (Wildman–Crippen LogP) is 4.52. The van der Waals surface area contributed by atoms with Gasteiger partial charge in [0.15, 0.2) is 0 Å². The fourth-order valence-corrected chi connectivity index (χ4v) is 5.15. The van der Waals surface area contributed by atoms with Crippen LogP contribution in [-0.4, -0.2) is 52.4 Å². The van der Waals surface area contributed by atoms with Crippen LogP contribution in [0, 0.1) is 5.82 Å². The maximum atomic E-state index is 14.7. The lowest BCUT2D eigenvalue weighted by atomic mass is 9.90. The van der Waals surface area contributed by atoms with E-state index in [1.165, 1.54) is 18.2 Å². The van der Waals surface area contributed by atoms with Gasteiger partial charge in [0.2, 0.25) is 0 Å². The molecule has 1 saturated heterocycles. The molecule has 1 fully saturated rings. The zero-order valence-corrected chi connectivity index (χ0v) is 20.3. The highest BCUT2D eigenvalue weighted by atomic mass is 19.1. The lowest BCUT2D eigenvalue weighted by Gasteiger charge is -2.37. The van der Waals surface area contributed by atoms with E-state index in [0.717, 1.165) is 28.6 Å². The number of carbonyl (C=O) groups excluding carboxylic acids is 1. The minimum atomic E-state index is -0.552. The first-order valence-corrected chi connectivity index (χ1v) is 12.0. The second-order valence-electron chi connectivity index (χ2n) is 10.2. The normalized spacial score (nSPS) is 16.0. The molecule has 0 saturated carbocycles. The lowest BCUT2D eigenvalue weighted by molar-refractivity contribution is 0.0240. The van der Waals surface area contributed by atoms with E-state index in [-0.39, 0.29) is 23.0 Å². The van der Waals surface area contributed by atoms with Crippen LogP contribution in [0.3, 0.4) is 0 Å². The number of ether oxygens (including phenoxy) is 1. The number of rotatable bonds is 2. The number of phenols is 1. The van der Waals surface area contributed by atoms with Crippen LogP contribution in [0.25, 0.3) is 22.0 Å². The van der Waals surface area contributed by atoms with Crippen molar-refractivity contribution >= 4 is 22.7 Å². The largest absolute Gasteiger partial charge is 0.507 e. The van der Waals surface area contributed by atoms with Gasteiger partial charge in [-0.2, -0.15) is 0 Å². The first-order chi connectivity index (χ1) is 16.6. The second kappa shape index (κ2) is 8.59. The van der Waals surface area contributed by atoms with Gasteiger partial charge in [-0.3, -0.25) is 4.79 Å². The summed E-state index contributed by atoms with van der Waals surface area (Å²) < 4.78 is 22.0. The summed E-state index contributed by atoms with van der Waals surface area (Å²) in [5, 5.41) is 11.3. The molecule has 0 bridgehead atoms. The number of halogens is 1. The number of phenolic OH excluding ortho intramolecular Hbond substituents is 1. The van der Waals surface area contributed by atoms with Gasteiger partial charge >= 0.3 is 6.09 Å². The topological polar surface area (TPSA) is 75.0 Å². The number of hydrogen-bond donors (Lipinski definition) is 1. The van der Waals surface area contributed by atoms with E-state index in [1.54, 1.807) is 15.5 Å². The smallest absolute Gasteiger partial charge is 0.410 e. The molecule has 0 radical (unpaired) electrons. The molecule has 5 rings (SSSR count). The summed E-state index contributed by atoms with van der Waals surface area (Å²) in [5.41, 5.74) is 2.63. The van der Waals surface area contributed by atoms with Crippen LogP contribution in [0.2, 0.25) is 0 Å². The Hall–Kier alpha value is -3.55. The van der Waals surface area contributed by atoms with Gasteiger partial charge in [-0.25, -0.2) is 9.18 Å². The number of carbonyl (C=O) groups is 1. The molecule has 0 aliphatic carbocycles. The summed E-state index contributed by atoms with van der Waals surface area (Å²) in [6, 6.07) is 9.72. The van der Waals surface area contributed by atoms with Crippen molar-refractivity contribution in [2.75, 3.05) is 31.1 Å². The van der Waals surface area contributed by atoms with E-state index >= 15 is 0 Å². The number of pyridine rings is 1. The molecule has 0 unspecified atom stereocenters.